The van der Waals surface area contributed by atoms with E-state index in [2.05, 4.69) is 19.9 Å². The van der Waals surface area contributed by atoms with E-state index in [-0.39, 0.29) is 66.3 Å². The number of Topliss-reactive ketones (excluding diaryl/α,β-unsaturated/α-hetero) is 1. The first kappa shape index (κ1) is 47.8. The van der Waals surface area contributed by atoms with Crippen molar-refractivity contribution in [2.75, 3.05) is 13.2 Å². The summed E-state index contributed by atoms with van der Waals surface area (Å²) in [6, 6.07) is 0. The van der Waals surface area contributed by atoms with Gasteiger partial charge in [0, 0.05) is 24.2 Å². The van der Waals surface area contributed by atoms with Crippen LogP contribution in [0.2, 0.25) is 0 Å². The summed E-state index contributed by atoms with van der Waals surface area (Å²) in [6.45, 7) is 10.9. The van der Waals surface area contributed by atoms with E-state index in [1.165, 1.54) is 6.92 Å². The number of aliphatic hydroxyl groups is 10. The molecular formula is C45H70O18. The monoisotopic (exact) mass is 898 g/mol. The van der Waals surface area contributed by atoms with Crippen molar-refractivity contribution in [3.63, 3.8) is 0 Å². The molecule has 18 nitrogen and oxygen atoms in total. The van der Waals surface area contributed by atoms with Crippen LogP contribution in [0, 0.1) is 40.4 Å². The Kier molecular flexibility index (Phi) is 13.7. The van der Waals surface area contributed by atoms with Crippen molar-refractivity contribution in [1.82, 2.24) is 0 Å². The Hall–Kier alpha value is -1.69. The average molecular weight is 899 g/mol. The van der Waals surface area contributed by atoms with Gasteiger partial charge in [-0.15, -0.1) is 0 Å². The van der Waals surface area contributed by atoms with Crippen molar-refractivity contribution < 1.29 is 89.0 Å². The molecule has 0 aromatic rings. The van der Waals surface area contributed by atoms with Crippen LogP contribution in [0.4, 0.5) is 0 Å². The van der Waals surface area contributed by atoms with E-state index in [1.807, 2.05) is 13.8 Å². The molecule has 0 spiro atoms. The Morgan fingerprint density at radius 3 is 2.16 bits per heavy atom. The number of hydrogen-bond acceptors (Lipinski definition) is 18. The van der Waals surface area contributed by atoms with Gasteiger partial charge in [0.15, 0.2) is 30.4 Å². The molecule has 4 aliphatic carbocycles. The van der Waals surface area contributed by atoms with E-state index < -0.39 is 116 Å². The molecule has 3 saturated carbocycles. The minimum Gasteiger partial charge on any atom is -0.486 e. The van der Waals surface area contributed by atoms with Gasteiger partial charge in [-0.05, 0) is 87.5 Å². The summed E-state index contributed by atoms with van der Waals surface area (Å²) in [4.78, 5) is 13.8. The highest BCUT2D eigenvalue weighted by atomic mass is 16.8. The maximum Gasteiger partial charge on any atom is 0.197 e. The molecule has 10 N–H and O–H groups in total. The molecule has 0 amide bonds. The summed E-state index contributed by atoms with van der Waals surface area (Å²) in [7, 11) is 0. The van der Waals surface area contributed by atoms with E-state index in [9.17, 15) is 55.9 Å². The number of carbonyl (C=O) groups is 1. The van der Waals surface area contributed by atoms with Gasteiger partial charge in [-0.1, -0.05) is 32.4 Å². The van der Waals surface area contributed by atoms with Crippen molar-refractivity contribution in [1.29, 1.82) is 0 Å². The average Bonchev–Trinajstić information content (AvgIpc) is 3.74. The Bertz CT molecular complexity index is 1730. The summed E-state index contributed by atoms with van der Waals surface area (Å²) in [5, 5.41) is 105. The Balaban J connectivity index is 0.963. The second kappa shape index (κ2) is 18.1. The van der Waals surface area contributed by atoms with Crippen molar-refractivity contribution in [3.05, 3.63) is 23.0 Å². The summed E-state index contributed by atoms with van der Waals surface area (Å²) in [5.74, 6) is 0.574. The molecule has 6 fully saturated rings. The van der Waals surface area contributed by atoms with Crippen molar-refractivity contribution in [2.45, 2.75) is 197 Å². The van der Waals surface area contributed by atoms with Gasteiger partial charge in [-0.3, -0.25) is 4.79 Å². The quantitative estimate of drug-likeness (QED) is 0.115. The van der Waals surface area contributed by atoms with Crippen molar-refractivity contribution in [3.8, 4) is 0 Å². The molecule has 0 radical (unpaired) electrons. The summed E-state index contributed by atoms with van der Waals surface area (Å²) in [6.07, 6.45) is -15.5. The molecule has 0 bridgehead atoms. The molecule has 63 heavy (non-hydrogen) atoms. The van der Waals surface area contributed by atoms with Gasteiger partial charge < -0.3 is 84.2 Å². The number of ether oxygens (including phenoxy) is 7. The second-order valence-corrected chi connectivity index (χ2v) is 20.5. The third kappa shape index (κ3) is 8.18. The molecule has 4 aliphatic heterocycles. The third-order valence-corrected chi connectivity index (χ3v) is 16.6. The molecule has 4 heterocycles. The largest absolute Gasteiger partial charge is 0.486 e. The Labute approximate surface area is 367 Å². The Morgan fingerprint density at radius 2 is 1.46 bits per heavy atom. The summed E-state index contributed by atoms with van der Waals surface area (Å²) in [5.41, 5.74) is 1.31. The van der Waals surface area contributed by atoms with Crippen LogP contribution in [0.3, 0.4) is 0 Å². The maximum absolute atomic E-state index is 13.8. The highest BCUT2D eigenvalue weighted by molar-refractivity contribution is 5.94. The predicted octanol–water partition coefficient (Wildman–Crippen LogP) is -0.705. The summed E-state index contributed by atoms with van der Waals surface area (Å²) < 4.78 is 42.6. The van der Waals surface area contributed by atoms with Crippen LogP contribution >= 0.6 is 0 Å². The standard InChI is InChI=1S/C45H70O18/c1-17(16-57-41-37(55)35(53)33(51)28(15-46)61-41)11-26(48)39-18(2)30-27(60-39)14-25-23-8-7-21-12-22(47)13-29(45(21,6)24(23)9-10-44(25,30)5)62-43-40(36(54)32(50)20(4)59-43)63-42-38(56)34(52)31(49)19(3)58-42/h7,17,19-20,22-25,27-38,40-43,46-47,49-56H,8-16H2,1-6H3/t17-,19+,20-,22-,23-,24+,25+,27+,28-,29-,30+,31+,32+,33-,34-,35+,36+,37-,38-,40-,41-,42+,43+,44+,45+/m1/s1. The zero-order chi connectivity index (χ0) is 45.6. The molecule has 8 rings (SSSR count). The van der Waals surface area contributed by atoms with Crippen LogP contribution in [0.25, 0.3) is 0 Å². The normalized spacial score (nSPS) is 52.5. The number of hydrogen-bond donors (Lipinski definition) is 10. The van der Waals surface area contributed by atoms with E-state index in [4.69, 9.17) is 33.2 Å². The van der Waals surface area contributed by atoms with Crippen LogP contribution in [-0.4, -0.2) is 180 Å². The van der Waals surface area contributed by atoms with Gasteiger partial charge in [0.1, 0.15) is 67.1 Å². The van der Waals surface area contributed by atoms with Crippen LogP contribution in [0.5, 0.6) is 0 Å². The van der Waals surface area contributed by atoms with Gasteiger partial charge in [0.05, 0.1) is 37.6 Å². The smallest absolute Gasteiger partial charge is 0.197 e. The lowest BCUT2D eigenvalue weighted by molar-refractivity contribution is -0.371. The number of fused-ring (bicyclic) bond motifs is 7. The fourth-order valence-corrected chi connectivity index (χ4v) is 13.1. The van der Waals surface area contributed by atoms with Crippen molar-refractivity contribution in [2.24, 2.45) is 40.4 Å². The number of allylic oxidation sites excluding steroid dienone is 2. The third-order valence-electron chi connectivity index (χ3n) is 16.6. The van der Waals surface area contributed by atoms with Crippen LogP contribution in [-0.2, 0) is 38.0 Å². The number of rotatable bonds is 11. The van der Waals surface area contributed by atoms with E-state index in [0.717, 1.165) is 36.8 Å². The zero-order valence-electron chi connectivity index (χ0n) is 37.0. The maximum atomic E-state index is 13.8. The minimum atomic E-state index is -1.67. The fourth-order valence-electron chi connectivity index (χ4n) is 13.1. The number of aliphatic hydroxyl groups excluding tert-OH is 10. The lowest BCUT2D eigenvalue weighted by atomic mass is 9.46. The molecule has 0 unspecified atom stereocenters. The second-order valence-electron chi connectivity index (χ2n) is 20.5. The molecule has 358 valence electrons. The molecule has 8 aliphatic rings. The number of ketones is 1. The van der Waals surface area contributed by atoms with Gasteiger partial charge in [0.25, 0.3) is 0 Å². The molecule has 18 heteroatoms. The topological polar surface area (TPSA) is 284 Å². The molecule has 0 aromatic heterocycles. The van der Waals surface area contributed by atoms with Gasteiger partial charge in [-0.2, -0.15) is 0 Å². The van der Waals surface area contributed by atoms with E-state index in [1.54, 1.807) is 6.92 Å². The van der Waals surface area contributed by atoms with Crippen molar-refractivity contribution >= 4 is 5.78 Å². The lowest BCUT2D eigenvalue weighted by Crippen LogP contribution is -2.64. The van der Waals surface area contributed by atoms with Crippen LogP contribution in [0.1, 0.15) is 86.5 Å². The number of carbonyl (C=O) groups excluding carboxylic acids is 1. The predicted molar refractivity (Wildman–Crippen MR) is 216 cm³/mol. The highest BCUT2D eigenvalue weighted by Crippen LogP contribution is 2.69. The first-order valence-corrected chi connectivity index (χ1v) is 22.9. The van der Waals surface area contributed by atoms with Gasteiger partial charge >= 0.3 is 0 Å². The van der Waals surface area contributed by atoms with E-state index in [0.29, 0.717) is 12.2 Å². The van der Waals surface area contributed by atoms with Crippen LogP contribution < -0.4 is 0 Å². The molecule has 3 saturated heterocycles. The highest BCUT2D eigenvalue weighted by Gasteiger charge is 2.66. The summed E-state index contributed by atoms with van der Waals surface area (Å²) >= 11 is 0. The molecule has 0 aromatic carbocycles. The minimum absolute atomic E-state index is 0.0150. The first-order chi connectivity index (χ1) is 29.7. The molecule has 25 atom stereocenters. The zero-order valence-corrected chi connectivity index (χ0v) is 37.0. The van der Waals surface area contributed by atoms with E-state index >= 15 is 0 Å². The molecular weight excluding hydrogens is 828 g/mol. The van der Waals surface area contributed by atoms with Crippen LogP contribution in [0.15, 0.2) is 23.0 Å². The lowest BCUT2D eigenvalue weighted by Gasteiger charge is -2.60. The van der Waals surface area contributed by atoms with Gasteiger partial charge in [0.2, 0.25) is 0 Å². The Morgan fingerprint density at radius 1 is 0.810 bits per heavy atom. The van der Waals surface area contributed by atoms with Gasteiger partial charge in [-0.25, -0.2) is 0 Å². The first-order valence-electron chi connectivity index (χ1n) is 22.9. The fraction of sp³-hybridized carbons (Fsp3) is 0.889. The SMILES string of the molecule is CC1=C(C(=O)C[C@@H](C)CO[C@@H]2O[C@H](CO)[C@@H](O)[C@H](O)[C@H]2O)O[C@H]2C[C@H]3[C@@H]4CC=C5C[C@@H](O)C[C@@H](O[C@@H]6O[C@H](C)[C@H](O)[C@H](O)[C@H]6O[C@@H]6O[C@@H](C)[C@H](O)[C@@H](O)[C@H]6O)[C@]5(C)[C@H]4CC[C@]3(C)[C@@H]12.